The number of rotatable bonds is 4. The molecule has 3 rings (SSSR count). The highest BCUT2D eigenvalue weighted by Crippen LogP contribution is 2.38. The Labute approximate surface area is 165 Å². The first-order valence-corrected chi connectivity index (χ1v) is 9.53. The predicted molar refractivity (Wildman–Crippen MR) is 112 cm³/mol. The number of nitrogens with zero attached hydrogens (tertiary/aromatic N) is 1. The molecular weight excluding hydrogens is 354 g/mol. The molecule has 2 aromatic carbocycles. The van der Waals surface area contributed by atoms with Gasteiger partial charge in [-0.1, -0.05) is 24.6 Å². The van der Waals surface area contributed by atoms with Crippen LogP contribution in [0.15, 0.2) is 42.5 Å². The molecule has 2 N–H and O–H groups in total. The molecule has 1 aliphatic rings. The van der Waals surface area contributed by atoms with E-state index in [4.69, 9.17) is 4.74 Å². The molecule has 2 aromatic rings. The molecule has 0 aliphatic carbocycles. The summed E-state index contributed by atoms with van der Waals surface area (Å²) in [6.07, 6.45) is 0.847. The number of urea groups is 1. The maximum Gasteiger partial charge on any atom is 0.323 e. The van der Waals surface area contributed by atoms with Gasteiger partial charge in [-0.3, -0.25) is 4.79 Å². The van der Waals surface area contributed by atoms with Crippen LogP contribution >= 0.6 is 0 Å². The Kier molecular flexibility index (Phi) is 5.58. The van der Waals surface area contributed by atoms with Gasteiger partial charge in [-0.2, -0.15) is 0 Å². The highest BCUT2D eigenvalue weighted by molar-refractivity contribution is 6.02. The summed E-state index contributed by atoms with van der Waals surface area (Å²) in [6.45, 7) is 8.72. The monoisotopic (exact) mass is 381 g/mol. The Hall–Kier alpha value is -3.02. The van der Waals surface area contributed by atoms with Crippen LogP contribution in [0.1, 0.15) is 32.8 Å². The average molecular weight is 381 g/mol. The van der Waals surface area contributed by atoms with Crippen LogP contribution in [-0.2, 0) is 4.79 Å². The van der Waals surface area contributed by atoms with Gasteiger partial charge in [-0.05, 0) is 51.5 Å². The first-order chi connectivity index (χ1) is 13.3. The first kappa shape index (κ1) is 19.7. The SMILES string of the molecule is CCCN1C(=O)C(C)(C)COc2cc(NC(=O)Nc3ccc(C)cc3)ccc21. The lowest BCUT2D eigenvalue weighted by molar-refractivity contribution is -0.127. The number of ether oxygens (including phenoxy) is 1. The van der Waals surface area contributed by atoms with Crippen molar-refractivity contribution in [3.05, 3.63) is 48.0 Å². The lowest BCUT2D eigenvalue weighted by Crippen LogP contribution is -2.42. The molecule has 6 nitrogen and oxygen atoms in total. The molecule has 6 heteroatoms. The fourth-order valence-corrected chi connectivity index (χ4v) is 3.10. The summed E-state index contributed by atoms with van der Waals surface area (Å²) in [6, 6.07) is 12.6. The fraction of sp³-hybridized carbons (Fsp3) is 0.364. The van der Waals surface area contributed by atoms with E-state index in [2.05, 4.69) is 10.6 Å². The summed E-state index contributed by atoms with van der Waals surface area (Å²) in [5.41, 5.74) is 2.58. The van der Waals surface area contributed by atoms with Gasteiger partial charge in [0.15, 0.2) is 0 Å². The second-order valence-corrected chi connectivity index (χ2v) is 7.76. The van der Waals surface area contributed by atoms with Gasteiger partial charge in [0.25, 0.3) is 0 Å². The van der Waals surface area contributed by atoms with Gasteiger partial charge in [-0.15, -0.1) is 0 Å². The van der Waals surface area contributed by atoms with E-state index in [0.717, 1.165) is 23.4 Å². The summed E-state index contributed by atoms with van der Waals surface area (Å²) in [7, 11) is 0. The summed E-state index contributed by atoms with van der Waals surface area (Å²) < 4.78 is 5.93. The molecule has 0 unspecified atom stereocenters. The van der Waals surface area contributed by atoms with Crippen molar-refractivity contribution >= 4 is 29.0 Å². The van der Waals surface area contributed by atoms with Gasteiger partial charge in [-0.25, -0.2) is 4.79 Å². The van der Waals surface area contributed by atoms with Gasteiger partial charge in [0, 0.05) is 24.0 Å². The van der Waals surface area contributed by atoms with Crippen LogP contribution in [0.4, 0.5) is 21.9 Å². The van der Waals surface area contributed by atoms with Crippen molar-refractivity contribution < 1.29 is 14.3 Å². The largest absolute Gasteiger partial charge is 0.490 e. The molecule has 0 spiro atoms. The highest BCUT2D eigenvalue weighted by Gasteiger charge is 2.37. The maximum absolute atomic E-state index is 12.9. The smallest absolute Gasteiger partial charge is 0.323 e. The molecule has 0 bridgehead atoms. The molecule has 0 aromatic heterocycles. The van der Waals surface area contributed by atoms with E-state index < -0.39 is 5.41 Å². The lowest BCUT2D eigenvalue weighted by atomic mass is 9.93. The number of aryl methyl sites for hydroxylation is 1. The number of hydrogen-bond donors (Lipinski definition) is 2. The minimum absolute atomic E-state index is 0.0472. The quantitative estimate of drug-likeness (QED) is 0.799. The summed E-state index contributed by atoms with van der Waals surface area (Å²) in [4.78, 5) is 26.9. The van der Waals surface area contributed by atoms with Crippen LogP contribution in [0, 0.1) is 12.3 Å². The fourth-order valence-electron chi connectivity index (χ4n) is 3.10. The van der Waals surface area contributed by atoms with Gasteiger partial charge in [0.1, 0.15) is 12.4 Å². The van der Waals surface area contributed by atoms with Gasteiger partial charge < -0.3 is 20.3 Å². The van der Waals surface area contributed by atoms with Crippen molar-refractivity contribution in [1.82, 2.24) is 0 Å². The molecule has 0 saturated heterocycles. The lowest BCUT2D eigenvalue weighted by Gasteiger charge is -2.27. The summed E-state index contributed by atoms with van der Waals surface area (Å²) >= 11 is 0. The zero-order valence-electron chi connectivity index (χ0n) is 16.8. The number of amides is 3. The van der Waals surface area contributed by atoms with Crippen molar-refractivity contribution in [1.29, 1.82) is 0 Å². The molecule has 0 saturated carbocycles. The van der Waals surface area contributed by atoms with Gasteiger partial charge >= 0.3 is 6.03 Å². The topological polar surface area (TPSA) is 70.7 Å². The number of anilines is 3. The van der Waals surface area contributed by atoms with E-state index in [1.165, 1.54) is 0 Å². The van der Waals surface area contributed by atoms with Crippen LogP contribution < -0.4 is 20.3 Å². The molecule has 28 heavy (non-hydrogen) atoms. The number of carbonyl (C=O) groups is 2. The second-order valence-electron chi connectivity index (χ2n) is 7.76. The van der Waals surface area contributed by atoms with Gasteiger partial charge in [0.05, 0.1) is 11.1 Å². The molecule has 1 aliphatic heterocycles. The molecule has 0 fully saturated rings. The number of carbonyl (C=O) groups excluding carboxylic acids is 2. The third-order valence-corrected chi connectivity index (χ3v) is 4.68. The van der Waals surface area contributed by atoms with Crippen LogP contribution in [0.25, 0.3) is 0 Å². The molecular formula is C22H27N3O3. The number of hydrogen-bond acceptors (Lipinski definition) is 3. The standard InChI is InChI=1S/C22H27N3O3/c1-5-12-25-18-11-10-17(13-19(18)28-14-22(3,4)20(25)26)24-21(27)23-16-8-6-15(2)7-9-16/h6-11,13H,5,12,14H2,1-4H3,(H2,23,24,27). The maximum atomic E-state index is 12.9. The van der Waals surface area contributed by atoms with Crippen molar-refractivity contribution in [2.24, 2.45) is 5.41 Å². The Morgan fingerprint density at radius 2 is 1.75 bits per heavy atom. The van der Waals surface area contributed by atoms with E-state index in [-0.39, 0.29) is 18.5 Å². The number of fused-ring (bicyclic) bond motifs is 1. The molecule has 0 atom stereocenters. The van der Waals surface area contributed by atoms with Crippen molar-refractivity contribution in [2.45, 2.75) is 34.1 Å². The normalized spacial score (nSPS) is 15.3. The van der Waals surface area contributed by atoms with Crippen LogP contribution in [0.2, 0.25) is 0 Å². The predicted octanol–water partition coefficient (Wildman–Crippen LogP) is 4.80. The summed E-state index contributed by atoms with van der Waals surface area (Å²) in [5.74, 6) is 0.645. The Morgan fingerprint density at radius 3 is 2.43 bits per heavy atom. The number of benzene rings is 2. The van der Waals surface area contributed by atoms with E-state index in [0.29, 0.717) is 18.0 Å². The first-order valence-electron chi connectivity index (χ1n) is 9.53. The van der Waals surface area contributed by atoms with Gasteiger partial charge in [0.2, 0.25) is 5.91 Å². The van der Waals surface area contributed by atoms with Crippen LogP contribution in [-0.4, -0.2) is 25.1 Å². The average Bonchev–Trinajstić information content (AvgIpc) is 2.74. The van der Waals surface area contributed by atoms with E-state index in [1.807, 2.05) is 58.0 Å². The van der Waals surface area contributed by atoms with E-state index in [1.54, 1.807) is 17.0 Å². The minimum Gasteiger partial charge on any atom is -0.490 e. The van der Waals surface area contributed by atoms with Crippen molar-refractivity contribution in [3.8, 4) is 5.75 Å². The molecule has 148 valence electrons. The van der Waals surface area contributed by atoms with Crippen LogP contribution in [0.5, 0.6) is 5.75 Å². The van der Waals surface area contributed by atoms with Crippen LogP contribution in [0.3, 0.4) is 0 Å². The molecule has 0 radical (unpaired) electrons. The Morgan fingerprint density at radius 1 is 1.11 bits per heavy atom. The summed E-state index contributed by atoms with van der Waals surface area (Å²) in [5, 5.41) is 5.62. The minimum atomic E-state index is -0.607. The molecule has 3 amide bonds. The zero-order chi connectivity index (χ0) is 20.3. The van der Waals surface area contributed by atoms with Crippen molar-refractivity contribution in [2.75, 3.05) is 28.7 Å². The third kappa shape index (κ3) is 4.27. The Bertz CT molecular complexity index is 875. The van der Waals surface area contributed by atoms with E-state index >= 15 is 0 Å². The second kappa shape index (κ2) is 7.92. The zero-order valence-corrected chi connectivity index (χ0v) is 16.8. The van der Waals surface area contributed by atoms with Crippen molar-refractivity contribution in [3.63, 3.8) is 0 Å². The van der Waals surface area contributed by atoms with E-state index in [9.17, 15) is 9.59 Å². The highest BCUT2D eigenvalue weighted by atomic mass is 16.5. The Balaban J connectivity index is 1.79. The third-order valence-electron chi connectivity index (χ3n) is 4.68. The molecule has 1 heterocycles. The number of nitrogens with one attached hydrogen (secondary N) is 2.